The maximum atomic E-state index is 12.8. The Morgan fingerprint density at radius 1 is 0.969 bits per heavy atom. The van der Waals surface area contributed by atoms with Gasteiger partial charge in [-0.1, -0.05) is 41.4 Å². The molecular weight excluding hydrogens is 446 g/mol. The van der Waals surface area contributed by atoms with Crippen molar-refractivity contribution in [2.75, 3.05) is 11.2 Å². The van der Waals surface area contributed by atoms with Gasteiger partial charge in [-0.15, -0.1) is 0 Å². The van der Waals surface area contributed by atoms with Gasteiger partial charge in [0, 0.05) is 16.7 Å². The summed E-state index contributed by atoms with van der Waals surface area (Å²) in [5, 5.41) is 14.0. The lowest BCUT2D eigenvalue weighted by molar-refractivity contribution is 0.515. The first-order valence-electron chi connectivity index (χ1n) is 9.78. The molecule has 0 saturated heterocycles. The van der Waals surface area contributed by atoms with Crippen molar-refractivity contribution in [3.05, 3.63) is 94.6 Å². The highest BCUT2D eigenvalue weighted by atomic mass is 35.5. The van der Waals surface area contributed by atoms with Crippen molar-refractivity contribution in [2.24, 2.45) is 0 Å². The normalized spacial score (nSPS) is 12.1. The van der Waals surface area contributed by atoms with E-state index in [1.807, 2.05) is 19.1 Å². The Bertz CT molecular complexity index is 1400. The van der Waals surface area contributed by atoms with Crippen LogP contribution in [0.25, 0.3) is 22.9 Å². The van der Waals surface area contributed by atoms with Crippen LogP contribution in [0, 0.1) is 6.92 Å². The topological polar surface area (TPSA) is 92.2 Å². The van der Waals surface area contributed by atoms with Crippen molar-refractivity contribution >= 4 is 50.1 Å². The SMILES string of the molecule is Cc1ccc(S(=O)(=O)CNc2nc3ccccc3nc2/C=C(\O)c2ccc(Cl)cc2)cc1. The fourth-order valence-electron chi connectivity index (χ4n) is 3.07. The molecule has 4 aromatic rings. The first-order chi connectivity index (χ1) is 15.3. The molecular formula is C24H20ClN3O3S. The average molecular weight is 466 g/mol. The first-order valence-corrected chi connectivity index (χ1v) is 11.8. The van der Waals surface area contributed by atoms with Crippen molar-refractivity contribution in [3.8, 4) is 0 Å². The van der Waals surface area contributed by atoms with Gasteiger partial charge in [-0.05, 0) is 55.5 Å². The molecule has 0 spiro atoms. The number of hydrogen-bond donors (Lipinski definition) is 2. The summed E-state index contributed by atoms with van der Waals surface area (Å²) >= 11 is 5.92. The zero-order chi connectivity index (χ0) is 22.7. The molecule has 162 valence electrons. The van der Waals surface area contributed by atoms with E-state index in [2.05, 4.69) is 15.3 Å². The van der Waals surface area contributed by atoms with Gasteiger partial charge in [0.05, 0.1) is 15.9 Å². The van der Waals surface area contributed by atoms with Crippen molar-refractivity contribution in [1.29, 1.82) is 0 Å². The van der Waals surface area contributed by atoms with Gasteiger partial charge in [0.1, 0.15) is 17.3 Å². The van der Waals surface area contributed by atoms with Gasteiger partial charge in [0.25, 0.3) is 0 Å². The number of nitrogens with zero attached hydrogens (tertiary/aromatic N) is 2. The van der Waals surface area contributed by atoms with Crippen LogP contribution in [0.1, 0.15) is 16.8 Å². The van der Waals surface area contributed by atoms with E-state index in [-0.39, 0.29) is 22.3 Å². The predicted molar refractivity (Wildman–Crippen MR) is 128 cm³/mol. The lowest BCUT2D eigenvalue weighted by Crippen LogP contribution is -2.16. The quantitative estimate of drug-likeness (QED) is 0.366. The van der Waals surface area contributed by atoms with Gasteiger partial charge in [-0.25, -0.2) is 18.4 Å². The summed E-state index contributed by atoms with van der Waals surface area (Å²) in [5.74, 6) is -0.165. The summed E-state index contributed by atoms with van der Waals surface area (Å²) in [6.45, 7) is 1.89. The molecule has 4 rings (SSSR count). The number of anilines is 1. The second kappa shape index (κ2) is 8.98. The third kappa shape index (κ3) is 4.90. The maximum Gasteiger partial charge on any atom is 0.196 e. The Hall–Kier alpha value is -3.42. The summed E-state index contributed by atoms with van der Waals surface area (Å²) < 4.78 is 25.6. The smallest absolute Gasteiger partial charge is 0.196 e. The van der Waals surface area contributed by atoms with E-state index in [0.717, 1.165) is 5.56 Å². The fourth-order valence-corrected chi connectivity index (χ4v) is 4.24. The van der Waals surface area contributed by atoms with Crippen LogP contribution in [0.15, 0.2) is 77.7 Å². The van der Waals surface area contributed by atoms with Crippen molar-refractivity contribution in [2.45, 2.75) is 11.8 Å². The summed E-state index contributed by atoms with van der Waals surface area (Å²) in [7, 11) is -3.61. The molecule has 1 aromatic heterocycles. The molecule has 6 nitrogen and oxygen atoms in total. The summed E-state index contributed by atoms with van der Waals surface area (Å²) in [5.41, 5.74) is 3.06. The second-order valence-corrected chi connectivity index (χ2v) is 9.66. The van der Waals surface area contributed by atoms with E-state index in [9.17, 15) is 13.5 Å². The Kier molecular flexibility index (Phi) is 6.12. The van der Waals surface area contributed by atoms with Crippen LogP contribution in [0.5, 0.6) is 0 Å². The lowest BCUT2D eigenvalue weighted by atomic mass is 10.1. The molecule has 0 atom stereocenters. The van der Waals surface area contributed by atoms with Crippen LogP contribution < -0.4 is 5.32 Å². The molecule has 0 aliphatic rings. The predicted octanol–water partition coefficient (Wildman–Crippen LogP) is 5.49. The van der Waals surface area contributed by atoms with E-state index in [1.54, 1.807) is 60.7 Å². The van der Waals surface area contributed by atoms with E-state index in [1.165, 1.54) is 6.08 Å². The first kappa shape index (κ1) is 21.8. The number of nitrogens with one attached hydrogen (secondary N) is 1. The van der Waals surface area contributed by atoms with Gasteiger partial charge >= 0.3 is 0 Å². The van der Waals surface area contributed by atoms with Gasteiger partial charge < -0.3 is 10.4 Å². The maximum absolute atomic E-state index is 12.8. The monoisotopic (exact) mass is 465 g/mol. The molecule has 0 aliphatic carbocycles. The Morgan fingerprint density at radius 3 is 2.25 bits per heavy atom. The van der Waals surface area contributed by atoms with Crippen molar-refractivity contribution < 1.29 is 13.5 Å². The van der Waals surface area contributed by atoms with Crippen LogP contribution >= 0.6 is 11.6 Å². The van der Waals surface area contributed by atoms with Gasteiger partial charge in [-0.2, -0.15) is 0 Å². The Labute approximate surface area is 191 Å². The van der Waals surface area contributed by atoms with E-state index in [0.29, 0.717) is 27.3 Å². The number of aromatic nitrogens is 2. The third-order valence-electron chi connectivity index (χ3n) is 4.82. The van der Waals surface area contributed by atoms with E-state index < -0.39 is 9.84 Å². The fraction of sp³-hybridized carbons (Fsp3) is 0.0833. The molecule has 1 heterocycles. The van der Waals surface area contributed by atoms with Crippen LogP contribution in [-0.2, 0) is 9.84 Å². The van der Waals surface area contributed by atoms with E-state index in [4.69, 9.17) is 11.6 Å². The number of fused-ring (bicyclic) bond motifs is 1. The molecule has 32 heavy (non-hydrogen) atoms. The Balaban J connectivity index is 1.70. The molecule has 0 bridgehead atoms. The standard InChI is InChI=1S/C24H20ClN3O3S/c1-16-6-12-19(13-7-16)32(30,31)15-26-24-22(27-20-4-2-3-5-21(20)28-24)14-23(29)17-8-10-18(25)11-9-17/h2-14,29H,15H2,1H3,(H,26,28)/b23-14-. The van der Waals surface area contributed by atoms with Gasteiger partial charge in [-0.3, -0.25) is 0 Å². The molecule has 3 aromatic carbocycles. The van der Waals surface area contributed by atoms with Gasteiger partial charge in [0.2, 0.25) is 0 Å². The third-order valence-corrected chi connectivity index (χ3v) is 6.59. The molecule has 0 unspecified atom stereocenters. The van der Waals surface area contributed by atoms with Crippen molar-refractivity contribution in [3.63, 3.8) is 0 Å². The Morgan fingerprint density at radius 2 is 1.59 bits per heavy atom. The second-order valence-electron chi connectivity index (χ2n) is 7.23. The summed E-state index contributed by atoms with van der Waals surface area (Å²) in [4.78, 5) is 9.31. The minimum absolute atomic E-state index is 0.0457. The minimum atomic E-state index is -3.61. The highest BCUT2D eigenvalue weighted by Crippen LogP contribution is 2.23. The molecule has 0 aliphatic heterocycles. The number of aliphatic hydroxyl groups excluding tert-OH is 1. The number of aliphatic hydroxyl groups is 1. The number of halogens is 1. The van der Waals surface area contributed by atoms with Crippen LogP contribution in [0.4, 0.5) is 5.82 Å². The molecule has 0 amide bonds. The zero-order valence-corrected chi connectivity index (χ0v) is 18.7. The lowest BCUT2D eigenvalue weighted by Gasteiger charge is -2.11. The van der Waals surface area contributed by atoms with Crippen LogP contribution in [0.2, 0.25) is 5.02 Å². The molecule has 0 saturated carbocycles. The van der Waals surface area contributed by atoms with Gasteiger partial charge in [0.15, 0.2) is 15.7 Å². The number of sulfone groups is 1. The molecule has 2 N–H and O–H groups in total. The number of para-hydroxylation sites is 2. The number of rotatable bonds is 6. The molecule has 8 heteroatoms. The largest absolute Gasteiger partial charge is 0.507 e. The number of aryl methyl sites for hydroxylation is 1. The number of benzene rings is 3. The number of hydrogen-bond acceptors (Lipinski definition) is 6. The van der Waals surface area contributed by atoms with Crippen LogP contribution in [-0.4, -0.2) is 29.4 Å². The van der Waals surface area contributed by atoms with E-state index >= 15 is 0 Å². The zero-order valence-electron chi connectivity index (χ0n) is 17.2. The highest BCUT2D eigenvalue weighted by Gasteiger charge is 2.16. The minimum Gasteiger partial charge on any atom is -0.507 e. The summed E-state index contributed by atoms with van der Waals surface area (Å²) in [6.07, 6.45) is 1.45. The molecule has 0 fully saturated rings. The summed E-state index contributed by atoms with van der Waals surface area (Å²) in [6, 6.07) is 20.6. The highest BCUT2D eigenvalue weighted by molar-refractivity contribution is 7.91. The van der Waals surface area contributed by atoms with Crippen LogP contribution in [0.3, 0.4) is 0 Å². The molecule has 0 radical (unpaired) electrons. The van der Waals surface area contributed by atoms with Crippen molar-refractivity contribution in [1.82, 2.24) is 9.97 Å². The average Bonchev–Trinajstić information content (AvgIpc) is 2.78.